The third-order valence-electron chi connectivity index (χ3n) is 11.1. The fraction of sp³-hybridized carbons (Fsp3) is 0.962. The Morgan fingerprint density at radius 2 is 1.79 bits per heavy atom. The molecule has 5 fully saturated rings. The first-order chi connectivity index (χ1) is 13.8. The molecular weight excluding hydrogens is 360 g/mol. The summed E-state index contributed by atoms with van der Waals surface area (Å²) in [5.74, 6) is 5.09. The number of hydrogen-bond donors (Lipinski definition) is 0. The molecule has 5 rings (SSSR count). The van der Waals surface area contributed by atoms with E-state index in [1.165, 1.54) is 64.9 Å². The minimum Gasteiger partial charge on any atom is -0.469 e. The Balaban J connectivity index is 1.30. The zero-order valence-electron chi connectivity index (χ0n) is 19.2. The average molecular weight is 403 g/mol. The van der Waals surface area contributed by atoms with Crippen LogP contribution in [0, 0.1) is 46.3 Å². The lowest BCUT2D eigenvalue weighted by molar-refractivity contribution is -0.141. The number of ether oxygens (including phenoxy) is 2. The molecule has 1 spiro atoms. The molecule has 1 aliphatic heterocycles. The van der Waals surface area contributed by atoms with Crippen LogP contribution in [0.15, 0.2) is 0 Å². The number of hydrogen-bond acceptors (Lipinski definition) is 3. The third-order valence-corrected chi connectivity index (χ3v) is 11.1. The van der Waals surface area contributed by atoms with Crippen molar-refractivity contribution in [3.05, 3.63) is 0 Å². The summed E-state index contributed by atoms with van der Waals surface area (Å²) in [4.78, 5) is 11.7. The molecule has 0 aromatic carbocycles. The zero-order valence-corrected chi connectivity index (χ0v) is 19.2. The van der Waals surface area contributed by atoms with Gasteiger partial charge in [0.25, 0.3) is 0 Å². The molecule has 1 saturated heterocycles. The first-order valence-corrected chi connectivity index (χ1v) is 12.5. The van der Waals surface area contributed by atoms with Gasteiger partial charge in [0.1, 0.15) is 0 Å². The lowest BCUT2D eigenvalue weighted by Crippen LogP contribution is -2.54. The molecule has 3 heteroatoms. The number of carbonyl (C=O) groups is 1. The first-order valence-electron chi connectivity index (χ1n) is 12.5. The van der Waals surface area contributed by atoms with Crippen molar-refractivity contribution >= 4 is 5.97 Å². The van der Waals surface area contributed by atoms with E-state index in [4.69, 9.17) is 9.47 Å². The second-order valence-electron chi connectivity index (χ2n) is 12.2. The summed E-state index contributed by atoms with van der Waals surface area (Å²) in [5.41, 5.74) is 1.37. The molecule has 0 aromatic heterocycles. The van der Waals surface area contributed by atoms with Gasteiger partial charge in [0, 0.05) is 6.42 Å². The monoisotopic (exact) mass is 402 g/mol. The van der Waals surface area contributed by atoms with Gasteiger partial charge in [0.05, 0.1) is 19.3 Å². The van der Waals surface area contributed by atoms with E-state index < -0.39 is 0 Å². The Bertz CT molecular complexity index is 654. The molecular formula is C26H42O3. The molecule has 3 nitrogen and oxygen atoms in total. The molecule has 4 aliphatic carbocycles. The standard InChI is InChI=1S/C26H42O3/c1-17(5-10-23(27)28-4)20-8-9-21-19-7-6-18-15-26(16-29-26)14-13-24(18,2)22(19)11-12-25(20,21)3/h17-22H,5-16H2,1-4H3/t17?,18-,19?,20?,21?,22?,24+,25-,26+/m1/s1. The van der Waals surface area contributed by atoms with Crippen molar-refractivity contribution in [3.63, 3.8) is 0 Å². The molecule has 0 N–H and O–H groups in total. The van der Waals surface area contributed by atoms with E-state index in [9.17, 15) is 4.79 Å². The molecule has 9 atom stereocenters. The van der Waals surface area contributed by atoms with E-state index in [1.54, 1.807) is 0 Å². The smallest absolute Gasteiger partial charge is 0.305 e. The number of esters is 1. The SMILES string of the molecule is COC(=O)CCC(C)C1CCC2C3CC[C@@H]4C[C@@]5(CC[C@]4(C)C3CC[C@]12C)CO5. The van der Waals surface area contributed by atoms with Gasteiger partial charge < -0.3 is 9.47 Å². The van der Waals surface area contributed by atoms with Gasteiger partial charge in [-0.25, -0.2) is 0 Å². The van der Waals surface area contributed by atoms with E-state index in [0.717, 1.165) is 42.6 Å². The highest BCUT2D eigenvalue weighted by atomic mass is 16.6. The molecule has 0 aromatic rings. The third kappa shape index (κ3) is 3.12. The zero-order chi connectivity index (χ0) is 20.4. The highest BCUT2D eigenvalue weighted by molar-refractivity contribution is 5.69. The van der Waals surface area contributed by atoms with E-state index in [0.29, 0.717) is 28.8 Å². The van der Waals surface area contributed by atoms with E-state index >= 15 is 0 Å². The molecule has 0 radical (unpaired) electrons. The van der Waals surface area contributed by atoms with Crippen LogP contribution in [0.4, 0.5) is 0 Å². The summed E-state index contributed by atoms with van der Waals surface area (Å²) in [7, 11) is 1.51. The second kappa shape index (κ2) is 6.97. The maximum atomic E-state index is 11.7. The Morgan fingerprint density at radius 1 is 1.03 bits per heavy atom. The Kier molecular flexibility index (Phi) is 4.89. The molecule has 0 bridgehead atoms. The number of fused-ring (bicyclic) bond motifs is 5. The van der Waals surface area contributed by atoms with Crippen LogP contribution in [-0.4, -0.2) is 25.3 Å². The van der Waals surface area contributed by atoms with Gasteiger partial charge in [0.2, 0.25) is 0 Å². The highest BCUT2D eigenvalue weighted by Crippen LogP contribution is 2.69. The van der Waals surface area contributed by atoms with Crippen LogP contribution in [0.3, 0.4) is 0 Å². The lowest BCUT2D eigenvalue weighted by Gasteiger charge is -2.61. The van der Waals surface area contributed by atoms with Gasteiger partial charge in [-0.15, -0.1) is 0 Å². The summed E-state index contributed by atoms with van der Waals surface area (Å²) < 4.78 is 10.8. The summed E-state index contributed by atoms with van der Waals surface area (Å²) in [5, 5.41) is 0. The van der Waals surface area contributed by atoms with E-state index in [2.05, 4.69) is 20.8 Å². The van der Waals surface area contributed by atoms with Gasteiger partial charge in [-0.3, -0.25) is 4.79 Å². The Hall–Kier alpha value is -0.570. The molecule has 5 aliphatic rings. The largest absolute Gasteiger partial charge is 0.469 e. The molecule has 0 amide bonds. The first kappa shape index (κ1) is 20.3. The van der Waals surface area contributed by atoms with Crippen molar-refractivity contribution < 1.29 is 14.3 Å². The fourth-order valence-electron chi connectivity index (χ4n) is 9.30. The highest BCUT2D eigenvalue weighted by Gasteiger charge is 2.63. The van der Waals surface area contributed by atoms with Crippen LogP contribution in [-0.2, 0) is 14.3 Å². The maximum Gasteiger partial charge on any atom is 0.305 e. The molecule has 4 saturated carbocycles. The van der Waals surface area contributed by atoms with Crippen LogP contribution >= 0.6 is 0 Å². The topological polar surface area (TPSA) is 38.8 Å². The summed E-state index contributed by atoms with van der Waals surface area (Å²) >= 11 is 0. The van der Waals surface area contributed by atoms with Crippen molar-refractivity contribution in [1.82, 2.24) is 0 Å². The quantitative estimate of drug-likeness (QED) is 0.427. The van der Waals surface area contributed by atoms with Gasteiger partial charge in [-0.05, 0) is 111 Å². The van der Waals surface area contributed by atoms with Gasteiger partial charge in [-0.2, -0.15) is 0 Å². The Morgan fingerprint density at radius 3 is 2.52 bits per heavy atom. The molecule has 164 valence electrons. The van der Waals surface area contributed by atoms with Gasteiger partial charge in [0.15, 0.2) is 0 Å². The van der Waals surface area contributed by atoms with Crippen LogP contribution in [0.25, 0.3) is 0 Å². The number of methoxy groups -OCH3 is 1. The lowest BCUT2D eigenvalue weighted by atomic mass is 9.44. The minimum absolute atomic E-state index is 0.0405. The number of epoxide rings is 1. The van der Waals surface area contributed by atoms with Crippen molar-refractivity contribution in [2.45, 2.75) is 97.0 Å². The van der Waals surface area contributed by atoms with Crippen molar-refractivity contribution in [2.75, 3.05) is 13.7 Å². The van der Waals surface area contributed by atoms with Gasteiger partial charge in [-0.1, -0.05) is 20.8 Å². The molecule has 29 heavy (non-hydrogen) atoms. The van der Waals surface area contributed by atoms with Crippen molar-refractivity contribution in [2.24, 2.45) is 46.3 Å². The Labute approximate surface area is 177 Å². The second-order valence-corrected chi connectivity index (χ2v) is 12.2. The number of carbonyl (C=O) groups excluding carboxylic acids is 1. The van der Waals surface area contributed by atoms with Crippen LogP contribution in [0.2, 0.25) is 0 Å². The number of rotatable bonds is 4. The van der Waals surface area contributed by atoms with E-state index in [-0.39, 0.29) is 5.97 Å². The minimum atomic E-state index is -0.0405. The summed E-state index contributed by atoms with van der Waals surface area (Å²) in [6.07, 6.45) is 14.2. The molecule has 1 heterocycles. The predicted octanol–water partition coefficient (Wildman–Crippen LogP) is 6.00. The van der Waals surface area contributed by atoms with E-state index in [1.807, 2.05) is 0 Å². The summed E-state index contributed by atoms with van der Waals surface area (Å²) in [6, 6.07) is 0. The van der Waals surface area contributed by atoms with Crippen LogP contribution in [0.5, 0.6) is 0 Å². The average Bonchev–Trinajstić information content (AvgIpc) is 3.37. The van der Waals surface area contributed by atoms with Gasteiger partial charge >= 0.3 is 5.97 Å². The van der Waals surface area contributed by atoms with Crippen LogP contribution < -0.4 is 0 Å². The van der Waals surface area contributed by atoms with Crippen LogP contribution in [0.1, 0.15) is 91.4 Å². The fourth-order valence-corrected chi connectivity index (χ4v) is 9.30. The summed E-state index contributed by atoms with van der Waals surface area (Å²) in [6.45, 7) is 8.74. The molecule has 5 unspecified atom stereocenters. The van der Waals surface area contributed by atoms with Crippen molar-refractivity contribution in [1.29, 1.82) is 0 Å². The predicted molar refractivity (Wildman–Crippen MR) is 114 cm³/mol. The maximum absolute atomic E-state index is 11.7. The normalized spacial score (nSPS) is 51.7. The van der Waals surface area contributed by atoms with Crippen molar-refractivity contribution in [3.8, 4) is 0 Å².